The lowest BCUT2D eigenvalue weighted by atomic mass is 10.1. The van der Waals surface area contributed by atoms with Crippen LogP contribution in [0.2, 0.25) is 10.0 Å². The van der Waals surface area contributed by atoms with E-state index in [1.807, 2.05) is 5.32 Å². The van der Waals surface area contributed by atoms with Crippen LogP contribution in [0.25, 0.3) is 0 Å². The summed E-state index contributed by atoms with van der Waals surface area (Å²) in [5, 5.41) is 7.92. The van der Waals surface area contributed by atoms with Gasteiger partial charge in [0, 0.05) is 0 Å². The van der Waals surface area contributed by atoms with Gasteiger partial charge in [-0.15, -0.1) is 0 Å². The molecular weight excluding hydrogens is 289 g/mol. The fourth-order valence-corrected chi connectivity index (χ4v) is 2.24. The van der Waals surface area contributed by atoms with E-state index < -0.39 is 0 Å². The van der Waals surface area contributed by atoms with Crippen LogP contribution in [0.1, 0.15) is 6.42 Å². The van der Waals surface area contributed by atoms with Crippen molar-refractivity contribution in [1.29, 1.82) is 0 Å². The van der Waals surface area contributed by atoms with Gasteiger partial charge in [0.25, 0.3) is 5.91 Å². The summed E-state index contributed by atoms with van der Waals surface area (Å²) in [6, 6.07) is 4.62. The third-order valence-electron chi connectivity index (χ3n) is 2.86. The molecule has 4 N–H and O–H groups in total. The fourth-order valence-electron chi connectivity index (χ4n) is 1.90. The van der Waals surface area contributed by atoms with Gasteiger partial charge < -0.3 is 16.0 Å². The number of halogens is 2. The van der Waals surface area contributed by atoms with E-state index in [-0.39, 0.29) is 24.3 Å². The van der Waals surface area contributed by atoms with Crippen LogP contribution in [-0.2, 0) is 9.59 Å². The van der Waals surface area contributed by atoms with Gasteiger partial charge in [0.2, 0.25) is 5.91 Å². The molecule has 2 amide bonds. The van der Waals surface area contributed by atoms with E-state index in [0.717, 1.165) is 6.54 Å². The van der Waals surface area contributed by atoms with Crippen molar-refractivity contribution in [2.75, 3.05) is 18.4 Å². The molecule has 1 fully saturated rings. The van der Waals surface area contributed by atoms with Crippen LogP contribution in [0, 0.1) is 0 Å². The lowest BCUT2D eigenvalue weighted by Gasteiger charge is -2.19. The van der Waals surface area contributed by atoms with Crippen molar-refractivity contribution in [3.8, 4) is 0 Å². The molecule has 19 heavy (non-hydrogen) atoms. The first-order chi connectivity index (χ1) is 9.08. The zero-order valence-electron chi connectivity index (χ0n) is 10.1. The van der Waals surface area contributed by atoms with Crippen molar-refractivity contribution < 1.29 is 14.9 Å². The number of quaternary nitrogens is 1. The summed E-state index contributed by atoms with van der Waals surface area (Å²) in [5.41, 5.74) is 0.454. The number of hydrogen-bond acceptors (Lipinski definition) is 2. The van der Waals surface area contributed by atoms with Crippen molar-refractivity contribution in [1.82, 2.24) is 5.32 Å². The highest BCUT2D eigenvalue weighted by Crippen LogP contribution is 2.29. The Labute approximate surface area is 120 Å². The Bertz CT molecular complexity index is 508. The highest BCUT2D eigenvalue weighted by Gasteiger charge is 2.28. The van der Waals surface area contributed by atoms with Crippen LogP contribution >= 0.6 is 23.2 Å². The predicted molar refractivity (Wildman–Crippen MR) is 73.3 cm³/mol. The van der Waals surface area contributed by atoms with Gasteiger partial charge in [0.05, 0.1) is 35.2 Å². The second-order valence-corrected chi connectivity index (χ2v) is 5.06. The molecule has 0 aliphatic carbocycles. The molecule has 0 radical (unpaired) electrons. The normalized spacial score (nSPS) is 18.8. The maximum absolute atomic E-state index is 11.9. The lowest BCUT2D eigenvalue weighted by molar-refractivity contribution is -0.678. The molecule has 0 spiro atoms. The first-order valence-corrected chi connectivity index (χ1v) is 6.68. The van der Waals surface area contributed by atoms with E-state index in [2.05, 4.69) is 10.6 Å². The smallest absolute Gasteiger partial charge is 0.278 e. The third kappa shape index (κ3) is 3.59. The fraction of sp³-hybridized carbons (Fsp3) is 0.333. The summed E-state index contributed by atoms with van der Waals surface area (Å²) < 4.78 is 0. The molecule has 1 aromatic rings. The number of anilines is 1. The maximum Gasteiger partial charge on any atom is 0.278 e. The number of hydrogen-bond donors (Lipinski definition) is 3. The van der Waals surface area contributed by atoms with Gasteiger partial charge in [-0.05, 0) is 12.1 Å². The molecule has 1 saturated heterocycles. The van der Waals surface area contributed by atoms with Gasteiger partial charge >= 0.3 is 0 Å². The Hall–Kier alpha value is -1.30. The van der Waals surface area contributed by atoms with E-state index in [9.17, 15) is 9.59 Å². The number of benzene rings is 1. The average Bonchev–Trinajstić information content (AvgIpc) is 2.38. The summed E-state index contributed by atoms with van der Waals surface area (Å²) in [5.74, 6) is -0.374. The Morgan fingerprint density at radius 2 is 2.26 bits per heavy atom. The number of carbonyl (C=O) groups is 2. The van der Waals surface area contributed by atoms with Crippen molar-refractivity contribution >= 4 is 40.7 Å². The summed E-state index contributed by atoms with van der Waals surface area (Å²) in [6.45, 7) is 1.42. The topological polar surface area (TPSA) is 74.8 Å². The molecule has 5 nitrogen and oxygen atoms in total. The number of carbonyl (C=O) groups excluding carboxylic acids is 2. The van der Waals surface area contributed by atoms with Crippen LogP contribution in [0.4, 0.5) is 5.69 Å². The van der Waals surface area contributed by atoms with Crippen molar-refractivity contribution in [2.45, 2.75) is 12.5 Å². The van der Waals surface area contributed by atoms with E-state index in [0.29, 0.717) is 22.3 Å². The Morgan fingerprint density at radius 1 is 1.47 bits per heavy atom. The zero-order valence-corrected chi connectivity index (χ0v) is 11.6. The highest BCUT2D eigenvalue weighted by atomic mass is 35.5. The number of rotatable bonds is 3. The van der Waals surface area contributed by atoms with Crippen LogP contribution in [0.3, 0.4) is 0 Å². The summed E-state index contributed by atoms with van der Waals surface area (Å²) in [7, 11) is 0. The minimum atomic E-state index is -0.383. The minimum Gasteiger partial charge on any atom is -0.345 e. The first kappa shape index (κ1) is 14.1. The molecule has 0 aromatic heterocycles. The number of nitrogens with one attached hydrogen (secondary N) is 2. The molecule has 1 aliphatic heterocycles. The molecule has 0 saturated carbocycles. The van der Waals surface area contributed by atoms with Gasteiger partial charge in [-0.3, -0.25) is 9.59 Å². The van der Waals surface area contributed by atoms with Crippen LogP contribution < -0.4 is 16.0 Å². The quantitative estimate of drug-likeness (QED) is 0.755. The SMILES string of the molecule is O=C(C[C@@H]1[NH2+]CCNC1=O)Nc1cccc(Cl)c1Cl. The molecule has 1 aromatic carbocycles. The number of piperazine rings is 1. The van der Waals surface area contributed by atoms with E-state index in [1.54, 1.807) is 18.2 Å². The standard InChI is InChI=1S/C12H13Cl2N3O2/c13-7-2-1-3-8(11(7)14)17-10(18)6-9-12(19)16-5-4-15-9/h1-3,9,15H,4-6H2,(H,16,19)(H,17,18)/p+1/t9-/m0/s1. The van der Waals surface area contributed by atoms with Crippen LogP contribution in [-0.4, -0.2) is 30.9 Å². The number of nitrogens with two attached hydrogens (primary N) is 1. The molecule has 0 bridgehead atoms. The molecule has 2 rings (SSSR count). The molecular formula is C12H14Cl2N3O2+. The average molecular weight is 303 g/mol. The molecule has 1 heterocycles. The Balaban J connectivity index is 1.97. The van der Waals surface area contributed by atoms with Crippen molar-refractivity contribution in [2.24, 2.45) is 0 Å². The summed E-state index contributed by atoms with van der Waals surface area (Å²) >= 11 is 11.8. The highest BCUT2D eigenvalue weighted by molar-refractivity contribution is 6.43. The van der Waals surface area contributed by atoms with Gasteiger partial charge in [0.15, 0.2) is 6.04 Å². The van der Waals surface area contributed by atoms with Crippen LogP contribution in [0.15, 0.2) is 18.2 Å². The first-order valence-electron chi connectivity index (χ1n) is 5.93. The van der Waals surface area contributed by atoms with Gasteiger partial charge in [-0.25, -0.2) is 0 Å². The maximum atomic E-state index is 11.9. The van der Waals surface area contributed by atoms with Gasteiger partial charge in [-0.2, -0.15) is 0 Å². The van der Waals surface area contributed by atoms with E-state index in [4.69, 9.17) is 23.2 Å². The summed E-state index contributed by atoms with van der Waals surface area (Å²) in [6.07, 6.45) is 0.106. The van der Waals surface area contributed by atoms with E-state index >= 15 is 0 Å². The Kier molecular flexibility index (Phi) is 4.63. The van der Waals surface area contributed by atoms with Crippen molar-refractivity contribution in [3.05, 3.63) is 28.2 Å². The van der Waals surface area contributed by atoms with Crippen LogP contribution in [0.5, 0.6) is 0 Å². The predicted octanol–water partition coefficient (Wildman–Crippen LogP) is 0.384. The summed E-state index contributed by atoms with van der Waals surface area (Å²) in [4.78, 5) is 23.4. The molecule has 1 atom stereocenters. The molecule has 0 unspecified atom stereocenters. The molecule has 7 heteroatoms. The van der Waals surface area contributed by atoms with Gasteiger partial charge in [-0.1, -0.05) is 29.3 Å². The number of amides is 2. The second kappa shape index (κ2) is 6.23. The molecule has 1 aliphatic rings. The molecule has 102 valence electrons. The second-order valence-electron chi connectivity index (χ2n) is 4.28. The largest absolute Gasteiger partial charge is 0.345 e. The zero-order chi connectivity index (χ0) is 13.8. The van der Waals surface area contributed by atoms with Gasteiger partial charge in [0.1, 0.15) is 0 Å². The third-order valence-corrected chi connectivity index (χ3v) is 3.68. The minimum absolute atomic E-state index is 0.106. The lowest BCUT2D eigenvalue weighted by Crippen LogP contribution is -2.96. The Morgan fingerprint density at radius 3 is 3.00 bits per heavy atom. The monoisotopic (exact) mass is 302 g/mol. The van der Waals surface area contributed by atoms with Crippen molar-refractivity contribution in [3.63, 3.8) is 0 Å². The van der Waals surface area contributed by atoms with E-state index in [1.165, 1.54) is 0 Å².